The van der Waals surface area contributed by atoms with E-state index in [4.69, 9.17) is 9.52 Å². The Balaban J connectivity index is 2.02. The Morgan fingerprint density at radius 3 is 2.89 bits per heavy atom. The Hall–Kier alpha value is -2.57. The predicted molar refractivity (Wildman–Crippen MR) is 65.9 cm³/mol. The molecule has 1 amide bonds. The van der Waals surface area contributed by atoms with E-state index in [0.717, 1.165) is 5.76 Å². The summed E-state index contributed by atoms with van der Waals surface area (Å²) in [6.45, 7) is 1.67. The Morgan fingerprint density at radius 1 is 1.47 bits per heavy atom. The van der Waals surface area contributed by atoms with Crippen molar-refractivity contribution in [2.24, 2.45) is 0 Å². The smallest absolute Gasteiger partial charge is 0.325 e. The molecule has 0 spiro atoms. The number of anilines is 1. The van der Waals surface area contributed by atoms with Crippen molar-refractivity contribution in [3.63, 3.8) is 0 Å². The Kier molecular flexibility index (Phi) is 3.65. The van der Waals surface area contributed by atoms with Crippen LogP contribution in [0.2, 0.25) is 0 Å². The van der Waals surface area contributed by atoms with Crippen LogP contribution in [0.25, 0.3) is 0 Å². The van der Waals surface area contributed by atoms with Crippen molar-refractivity contribution in [2.75, 3.05) is 5.32 Å². The number of hydrogen-bond donors (Lipinski definition) is 2. The number of nitrogens with zero attached hydrogens (tertiary/aromatic N) is 2. The molecule has 0 bridgehead atoms. The molecule has 0 aliphatic carbocycles. The van der Waals surface area contributed by atoms with Crippen LogP contribution in [0.15, 0.2) is 28.9 Å². The van der Waals surface area contributed by atoms with Gasteiger partial charge in [-0.3, -0.25) is 14.3 Å². The Morgan fingerprint density at radius 2 is 2.26 bits per heavy atom. The quantitative estimate of drug-likeness (QED) is 0.849. The van der Waals surface area contributed by atoms with E-state index in [-0.39, 0.29) is 12.3 Å². The van der Waals surface area contributed by atoms with E-state index in [1.165, 1.54) is 17.1 Å². The third-order valence-electron chi connectivity index (χ3n) is 2.42. The Bertz CT molecular complexity index is 600. The van der Waals surface area contributed by atoms with Gasteiger partial charge in [-0.25, -0.2) is 0 Å². The number of carbonyl (C=O) groups is 2. The second kappa shape index (κ2) is 5.38. The minimum absolute atomic E-state index is 0.211. The molecule has 19 heavy (non-hydrogen) atoms. The zero-order chi connectivity index (χ0) is 13.8. The monoisotopic (exact) mass is 263 g/mol. The highest BCUT2D eigenvalue weighted by Crippen LogP contribution is 2.12. The molecule has 0 saturated heterocycles. The first-order valence-electron chi connectivity index (χ1n) is 5.72. The average molecular weight is 263 g/mol. The normalized spacial score (nSPS) is 10.4. The van der Waals surface area contributed by atoms with Crippen molar-refractivity contribution in [2.45, 2.75) is 19.9 Å². The fraction of sp³-hybridized carbons (Fsp3) is 0.250. The van der Waals surface area contributed by atoms with Crippen LogP contribution in [0.3, 0.4) is 0 Å². The molecule has 100 valence electrons. The van der Waals surface area contributed by atoms with Gasteiger partial charge >= 0.3 is 5.97 Å². The van der Waals surface area contributed by atoms with Crippen LogP contribution < -0.4 is 5.32 Å². The second-order valence-corrected chi connectivity index (χ2v) is 3.89. The summed E-state index contributed by atoms with van der Waals surface area (Å²) in [4.78, 5) is 22.3. The fourth-order valence-electron chi connectivity index (χ4n) is 1.54. The molecular weight excluding hydrogens is 250 g/mol. The van der Waals surface area contributed by atoms with E-state index in [1.54, 1.807) is 12.1 Å². The van der Waals surface area contributed by atoms with Crippen molar-refractivity contribution in [3.8, 4) is 0 Å². The van der Waals surface area contributed by atoms with Crippen molar-refractivity contribution in [1.82, 2.24) is 9.78 Å². The predicted octanol–water partition coefficient (Wildman–Crippen LogP) is 1.38. The highest BCUT2D eigenvalue weighted by molar-refractivity contribution is 6.02. The van der Waals surface area contributed by atoms with Gasteiger partial charge in [0.15, 0.2) is 5.76 Å². The van der Waals surface area contributed by atoms with E-state index in [1.807, 2.05) is 6.92 Å². The lowest BCUT2D eigenvalue weighted by Crippen LogP contribution is -2.11. The average Bonchev–Trinajstić information content (AvgIpc) is 2.97. The zero-order valence-corrected chi connectivity index (χ0v) is 10.3. The first-order chi connectivity index (χ1) is 9.08. The first kappa shape index (κ1) is 12.9. The van der Waals surface area contributed by atoms with E-state index < -0.39 is 11.9 Å². The van der Waals surface area contributed by atoms with Crippen molar-refractivity contribution >= 4 is 17.6 Å². The molecule has 7 nitrogen and oxygen atoms in total. The minimum Gasteiger partial charge on any atom is -0.480 e. The summed E-state index contributed by atoms with van der Waals surface area (Å²) in [5, 5.41) is 15.0. The number of amides is 1. The summed E-state index contributed by atoms with van der Waals surface area (Å²) < 4.78 is 6.52. The highest BCUT2D eigenvalue weighted by Gasteiger charge is 2.12. The van der Waals surface area contributed by atoms with Crippen molar-refractivity contribution in [3.05, 3.63) is 36.0 Å². The minimum atomic E-state index is -1.00. The number of furan rings is 1. The van der Waals surface area contributed by atoms with E-state index >= 15 is 0 Å². The maximum Gasteiger partial charge on any atom is 0.325 e. The summed E-state index contributed by atoms with van der Waals surface area (Å²) in [7, 11) is 0. The van der Waals surface area contributed by atoms with Crippen LogP contribution in [0.5, 0.6) is 0 Å². The third-order valence-corrected chi connectivity index (χ3v) is 2.42. The molecule has 2 rings (SSSR count). The highest BCUT2D eigenvalue weighted by atomic mass is 16.4. The molecule has 0 saturated carbocycles. The van der Waals surface area contributed by atoms with Gasteiger partial charge in [0.25, 0.3) is 5.91 Å². The van der Waals surface area contributed by atoms with Gasteiger partial charge in [-0.15, -0.1) is 0 Å². The number of aliphatic carboxylic acids is 1. The number of nitrogens with one attached hydrogen (secondary N) is 1. The standard InChI is InChI=1S/C12H13N3O4/c1-2-9-3-4-10(19-9)12(18)14-8-5-13-15(6-8)7-11(16)17/h3-6H,2,7H2,1H3,(H,14,18)(H,16,17). The van der Waals surface area contributed by atoms with E-state index in [9.17, 15) is 9.59 Å². The molecule has 0 atom stereocenters. The van der Waals surface area contributed by atoms with Crippen LogP contribution in [-0.2, 0) is 17.8 Å². The topological polar surface area (TPSA) is 97.4 Å². The molecule has 0 fully saturated rings. The fourth-order valence-corrected chi connectivity index (χ4v) is 1.54. The molecule has 0 aromatic carbocycles. The molecule has 0 aliphatic heterocycles. The van der Waals surface area contributed by atoms with Gasteiger partial charge in [0.05, 0.1) is 11.9 Å². The molecule has 2 aromatic heterocycles. The summed E-state index contributed by atoms with van der Waals surface area (Å²) in [6, 6.07) is 3.33. The zero-order valence-electron chi connectivity index (χ0n) is 10.3. The van der Waals surface area contributed by atoms with Crippen LogP contribution >= 0.6 is 0 Å². The third kappa shape index (κ3) is 3.21. The molecule has 7 heteroatoms. The van der Waals surface area contributed by atoms with E-state index in [2.05, 4.69) is 10.4 Å². The van der Waals surface area contributed by atoms with Gasteiger partial charge < -0.3 is 14.8 Å². The summed E-state index contributed by atoms with van der Waals surface area (Å²) in [5.41, 5.74) is 0.417. The van der Waals surface area contributed by atoms with Gasteiger partial charge in [0, 0.05) is 12.6 Å². The summed E-state index contributed by atoms with van der Waals surface area (Å²) >= 11 is 0. The van der Waals surface area contributed by atoms with E-state index in [0.29, 0.717) is 12.1 Å². The van der Waals surface area contributed by atoms with Gasteiger partial charge in [-0.05, 0) is 12.1 Å². The molecule has 2 N–H and O–H groups in total. The number of carboxylic acid groups (broad SMARTS) is 1. The van der Waals surface area contributed by atoms with Crippen LogP contribution in [0, 0.1) is 0 Å². The number of carboxylic acids is 1. The van der Waals surface area contributed by atoms with Gasteiger partial charge in [0.2, 0.25) is 0 Å². The van der Waals surface area contributed by atoms with Crippen LogP contribution in [-0.4, -0.2) is 26.8 Å². The molecule has 0 unspecified atom stereocenters. The van der Waals surface area contributed by atoms with Crippen LogP contribution in [0.1, 0.15) is 23.2 Å². The molecule has 0 radical (unpaired) electrons. The van der Waals surface area contributed by atoms with Crippen molar-refractivity contribution < 1.29 is 19.1 Å². The molecule has 0 aliphatic rings. The second-order valence-electron chi connectivity index (χ2n) is 3.89. The SMILES string of the molecule is CCc1ccc(C(=O)Nc2cnn(CC(=O)O)c2)o1. The largest absolute Gasteiger partial charge is 0.480 e. The van der Waals surface area contributed by atoms with Crippen LogP contribution in [0.4, 0.5) is 5.69 Å². The molecule has 2 heterocycles. The maximum absolute atomic E-state index is 11.8. The van der Waals surface area contributed by atoms with Gasteiger partial charge in [-0.2, -0.15) is 5.10 Å². The molecular formula is C12H13N3O4. The Labute approximate surface area is 108 Å². The van der Waals surface area contributed by atoms with Gasteiger partial charge in [-0.1, -0.05) is 6.92 Å². The molecule has 2 aromatic rings. The number of aromatic nitrogens is 2. The lowest BCUT2D eigenvalue weighted by atomic mass is 10.3. The lowest BCUT2D eigenvalue weighted by molar-refractivity contribution is -0.137. The summed E-state index contributed by atoms with van der Waals surface area (Å²) in [6.07, 6.45) is 3.53. The van der Waals surface area contributed by atoms with Gasteiger partial charge in [0.1, 0.15) is 12.3 Å². The first-order valence-corrected chi connectivity index (χ1v) is 5.72. The summed E-state index contributed by atoms with van der Waals surface area (Å²) in [5.74, 6) is -0.455. The number of hydrogen-bond acceptors (Lipinski definition) is 4. The maximum atomic E-state index is 11.8. The number of carbonyl (C=O) groups excluding carboxylic acids is 1. The number of rotatable bonds is 5. The van der Waals surface area contributed by atoms with Crippen molar-refractivity contribution in [1.29, 1.82) is 0 Å². The lowest BCUT2D eigenvalue weighted by Gasteiger charge is -1.98. The number of aryl methyl sites for hydroxylation is 1.